The smallest absolute Gasteiger partial charge is 0.223 e. The Kier molecular flexibility index (Phi) is 5.53. The van der Waals surface area contributed by atoms with Crippen LogP contribution >= 0.6 is 15.9 Å². The highest BCUT2D eigenvalue weighted by atomic mass is 79.9. The number of carbonyl (C=O) groups excluding carboxylic acids is 1. The lowest BCUT2D eigenvalue weighted by Crippen LogP contribution is -2.28. The summed E-state index contributed by atoms with van der Waals surface area (Å²) < 4.78 is 1.04. The summed E-state index contributed by atoms with van der Waals surface area (Å²) in [6, 6.07) is 7.93. The molecule has 0 aliphatic heterocycles. The molecule has 1 unspecified atom stereocenters. The Balaban J connectivity index is 2.46. The van der Waals surface area contributed by atoms with Crippen LogP contribution in [-0.4, -0.2) is 5.91 Å². The van der Waals surface area contributed by atoms with Crippen LogP contribution in [0.15, 0.2) is 28.7 Å². The Morgan fingerprint density at radius 3 is 2.75 bits per heavy atom. The summed E-state index contributed by atoms with van der Waals surface area (Å²) in [7, 11) is 0. The number of rotatable bonds is 5. The van der Waals surface area contributed by atoms with E-state index in [0.717, 1.165) is 22.9 Å². The number of hydrogen-bond acceptors (Lipinski definition) is 1. The number of halogens is 1. The van der Waals surface area contributed by atoms with Gasteiger partial charge in [0.1, 0.15) is 0 Å². The van der Waals surface area contributed by atoms with E-state index in [-0.39, 0.29) is 11.8 Å². The Hall–Kier alpha value is -0.830. The molecule has 1 atom stereocenters. The van der Waals surface area contributed by atoms with Crippen LogP contribution in [-0.2, 0) is 11.3 Å². The topological polar surface area (TPSA) is 29.1 Å². The van der Waals surface area contributed by atoms with Gasteiger partial charge in [0.05, 0.1) is 0 Å². The minimum atomic E-state index is 0.104. The first-order valence-electron chi connectivity index (χ1n) is 5.66. The third kappa shape index (κ3) is 3.97. The molecule has 1 rings (SSSR count). The van der Waals surface area contributed by atoms with E-state index in [0.29, 0.717) is 6.54 Å². The van der Waals surface area contributed by atoms with Gasteiger partial charge >= 0.3 is 0 Å². The highest BCUT2D eigenvalue weighted by molar-refractivity contribution is 9.10. The number of nitrogens with one attached hydrogen (secondary N) is 1. The predicted octanol–water partition coefficient (Wildman–Crippen LogP) is 3.50. The third-order valence-electron chi connectivity index (χ3n) is 2.58. The van der Waals surface area contributed by atoms with Gasteiger partial charge in [0, 0.05) is 16.9 Å². The van der Waals surface area contributed by atoms with Crippen LogP contribution in [0.25, 0.3) is 0 Å². The second-order valence-corrected chi connectivity index (χ2v) is 4.85. The maximum atomic E-state index is 11.7. The van der Waals surface area contributed by atoms with Gasteiger partial charge in [0.25, 0.3) is 0 Å². The molecule has 0 radical (unpaired) electrons. The fraction of sp³-hybridized carbons (Fsp3) is 0.462. The lowest BCUT2D eigenvalue weighted by Gasteiger charge is -2.11. The van der Waals surface area contributed by atoms with Crippen molar-refractivity contribution in [3.8, 4) is 0 Å². The first-order valence-corrected chi connectivity index (χ1v) is 6.45. The molecular weight excluding hydrogens is 266 g/mol. The van der Waals surface area contributed by atoms with Crippen LogP contribution in [0.2, 0.25) is 0 Å². The van der Waals surface area contributed by atoms with E-state index >= 15 is 0 Å². The van der Waals surface area contributed by atoms with Gasteiger partial charge in [0.15, 0.2) is 0 Å². The molecule has 0 aromatic heterocycles. The van der Waals surface area contributed by atoms with E-state index in [1.807, 2.05) is 31.2 Å². The van der Waals surface area contributed by atoms with Gasteiger partial charge in [0.2, 0.25) is 5.91 Å². The van der Waals surface area contributed by atoms with Gasteiger partial charge < -0.3 is 5.32 Å². The molecule has 1 N–H and O–H groups in total. The lowest BCUT2D eigenvalue weighted by molar-refractivity contribution is -0.124. The van der Waals surface area contributed by atoms with Crippen molar-refractivity contribution in [1.29, 1.82) is 0 Å². The molecule has 88 valence electrons. The second-order valence-electron chi connectivity index (χ2n) is 4.00. The minimum Gasteiger partial charge on any atom is -0.352 e. The summed E-state index contributed by atoms with van der Waals surface area (Å²) in [4.78, 5) is 11.7. The molecule has 3 heteroatoms. The molecule has 0 aliphatic carbocycles. The molecule has 1 amide bonds. The van der Waals surface area contributed by atoms with Gasteiger partial charge in [-0.25, -0.2) is 0 Å². The van der Waals surface area contributed by atoms with Crippen molar-refractivity contribution in [3.05, 3.63) is 34.3 Å². The Bertz CT molecular complexity index is 352. The largest absolute Gasteiger partial charge is 0.352 e. The van der Waals surface area contributed by atoms with Gasteiger partial charge in [-0.15, -0.1) is 0 Å². The highest BCUT2D eigenvalue weighted by Gasteiger charge is 2.11. The zero-order valence-corrected chi connectivity index (χ0v) is 11.4. The first-order chi connectivity index (χ1) is 7.65. The molecule has 2 nitrogen and oxygen atoms in total. The third-order valence-corrected chi connectivity index (χ3v) is 3.35. The van der Waals surface area contributed by atoms with Crippen molar-refractivity contribution >= 4 is 21.8 Å². The van der Waals surface area contributed by atoms with Crippen LogP contribution in [0.3, 0.4) is 0 Å². The van der Waals surface area contributed by atoms with Gasteiger partial charge in [-0.2, -0.15) is 0 Å². The quantitative estimate of drug-likeness (QED) is 0.881. The van der Waals surface area contributed by atoms with Gasteiger partial charge in [-0.1, -0.05) is 54.4 Å². The number of hydrogen-bond donors (Lipinski definition) is 1. The number of carbonyl (C=O) groups is 1. The number of amides is 1. The molecule has 1 aromatic carbocycles. The lowest BCUT2D eigenvalue weighted by atomic mass is 10.1. The summed E-state index contributed by atoms with van der Waals surface area (Å²) in [6.45, 7) is 4.66. The van der Waals surface area contributed by atoms with Crippen LogP contribution in [0.5, 0.6) is 0 Å². The molecular formula is C13H18BrNO. The predicted molar refractivity (Wildman–Crippen MR) is 70.1 cm³/mol. The fourth-order valence-electron chi connectivity index (χ4n) is 1.56. The van der Waals surface area contributed by atoms with Crippen molar-refractivity contribution in [2.75, 3.05) is 0 Å². The van der Waals surface area contributed by atoms with Crippen molar-refractivity contribution < 1.29 is 4.79 Å². The van der Waals surface area contributed by atoms with Crippen LogP contribution in [0.4, 0.5) is 0 Å². The Morgan fingerprint density at radius 1 is 1.44 bits per heavy atom. The van der Waals surface area contributed by atoms with E-state index in [9.17, 15) is 4.79 Å². The fourth-order valence-corrected chi connectivity index (χ4v) is 1.99. The van der Waals surface area contributed by atoms with Crippen molar-refractivity contribution in [1.82, 2.24) is 5.32 Å². The van der Waals surface area contributed by atoms with Crippen LogP contribution in [0.1, 0.15) is 32.3 Å². The van der Waals surface area contributed by atoms with E-state index in [4.69, 9.17) is 0 Å². The Morgan fingerprint density at radius 2 is 2.12 bits per heavy atom. The molecule has 0 aliphatic rings. The molecule has 1 aromatic rings. The SMILES string of the molecule is CCCC(C)C(=O)NCc1ccccc1Br. The minimum absolute atomic E-state index is 0.104. The number of benzene rings is 1. The van der Waals surface area contributed by atoms with Crippen molar-refractivity contribution in [2.45, 2.75) is 33.2 Å². The van der Waals surface area contributed by atoms with E-state index in [1.54, 1.807) is 0 Å². The summed E-state index contributed by atoms with van der Waals surface area (Å²) in [5.41, 5.74) is 1.11. The normalized spacial score (nSPS) is 12.2. The highest BCUT2D eigenvalue weighted by Crippen LogP contribution is 2.15. The molecule has 0 fully saturated rings. The molecule has 0 bridgehead atoms. The molecule has 0 spiro atoms. The molecule has 0 saturated heterocycles. The summed E-state index contributed by atoms with van der Waals surface area (Å²) >= 11 is 3.46. The molecule has 0 heterocycles. The van der Waals surface area contributed by atoms with Crippen molar-refractivity contribution in [2.24, 2.45) is 5.92 Å². The van der Waals surface area contributed by atoms with E-state index < -0.39 is 0 Å². The van der Waals surface area contributed by atoms with Gasteiger partial charge in [-0.3, -0.25) is 4.79 Å². The van der Waals surface area contributed by atoms with E-state index in [1.165, 1.54) is 0 Å². The van der Waals surface area contributed by atoms with Crippen LogP contribution in [0, 0.1) is 5.92 Å². The summed E-state index contributed by atoms with van der Waals surface area (Å²) in [5.74, 6) is 0.241. The zero-order chi connectivity index (χ0) is 12.0. The Labute approximate surface area is 106 Å². The summed E-state index contributed by atoms with van der Waals surface area (Å²) in [5, 5.41) is 2.96. The average Bonchev–Trinajstić information content (AvgIpc) is 2.28. The maximum Gasteiger partial charge on any atom is 0.223 e. The van der Waals surface area contributed by atoms with Crippen LogP contribution < -0.4 is 5.32 Å². The average molecular weight is 284 g/mol. The monoisotopic (exact) mass is 283 g/mol. The van der Waals surface area contributed by atoms with Crippen molar-refractivity contribution in [3.63, 3.8) is 0 Å². The van der Waals surface area contributed by atoms with E-state index in [2.05, 4.69) is 28.2 Å². The summed E-state index contributed by atoms with van der Waals surface area (Å²) in [6.07, 6.45) is 1.99. The maximum absolute atomic E-state index is 11.7. The molecule has 16 heavy (non-hydrogen) atoms. The first kappa shape index (κ1) is 13.2. The zero-order valence-electron chi connectivity index (χ0n) is 9.79. The van der Waals surface area contributed by atoms with Gasteiger partial charge in [-0.05, 0) is 18.1 Å². The molecule has 0 saturated carbocycles. The second kappa shape index (κ2) is 6.69. The standard InChI is InChI=1S/C13H18BrNO/c1-3-6-10(2)13(16)15-9-11-7-4-5-8-12(11)14/h4-5,7-8,10H,3,6,9H2,1-2H3,(H,15,16).